The number of halogens is 1. The standard InChI is InChI=1S/C21H23ClO5/c1-11-18(20(25)26)12(2)21(3,4)15(19(11)27-5)8-9-16(23)14-7-6-13(22)10-17(14)24/h6-10,15,24H,1-5H3,(H,25,26). The Kier molecular flexibility index (Phi) is 5.85. The fourth-order valence-corrected chi connectivity index (χ4v) is 3.60. The molecule has 1 atom stereocenters. The van der Waals surface area contributed by atoms with E-state index in [2.05, 4.69) is 0 Å². The highest BCUT2D eigenvalue weighted by Gasteiger charge is 2.41. The van der Waals surface area contributed by atoms with Crippen molar-refractivity contribution in [2.75, 3.05) is 7.11 Å². The van der Waals surface area contributed by atoms with Gasteiger partial charge in [0, 0.05) is 16.5 Å². The van der Waals surface area contributed by atoms with Crippen LogP contribution in [0.25, 0.3) is 0 Å². The highest BCUT2D eigenvalue weighted by atomic mass is 35.5. The summed E-state index contributed by atoms with van der Waals surface area (Å²) in [6.45, 7) is 7.31. The van der Waals surface area contributed by atoms with Gasteiger partial charge in [0.25, 0.3) is 0 Å². The summed E-state index contributed by atoms with van der Waals surface area (Å²) in [5.74, 6) is -1.39. The number of ketones is 1. The summed E-state index contributed by atoms with van der Waals surface area (Å²) < 4.78 is 5.51. The van der Waals surface area contributed by atoms with E-state index < -0.39 is 11.4 Å². The largest absolute Gasteiger partial charge is 0.507 e. The van der Waals surface area contributed by atoms with Gasteiger partial charge in [0.15, 0.2) is 5.78 Å². The van der Waals surface area contributed by atoms with Crippen molar-refractivity contribution < 1.29 is 24.5 Å². The van der Waals surface area contributed by atoms with E-state index in [1.807, 2.05) is 13.8 Å². The first-order valence-corrected chi connectivity index (χ1v) is 8.81. The number of allylic oxidation sites excluding steroid dienone is 3. The van der Waals surface area contributed by atoms with Gasteiger partial charge >= 0.3 is 5.97 Å². The molecule has 5 nitrogen and oxygen atoms in total. The van der Waals surface area contributed by atoms with Crippen molar-refractivity contribution >= 4 is 23.4 Å². The number of benzene rings is 1. The summed E-state index contributed by atoms with van der Waals surface area (Å²) in [5.41, 5.74) is 1.06. The zero-order valence-corrected chi connectivity index (χ0v) is 16.7. The van der Waals surface area contributed by atoms with Gasteiger partial charge in [-0.1, -0.05) is 37.1 Å². The first-order chi connectivity index (χ1) is 12.5. The van der Waals surface area contributed by atoms with Gasteiger partial charge in [-0.3, -0.25) is 4.79 Å². The molecule has 2 rings (SSSR count). The smallest absolute Gasteiger partial charge is 0.336 e. The Bertz CT molecular complexity index is 890. The minimum absolute atomic E-state index is 0.141. The molecule has 1 aromatic carbocycles. The maximum atomic E-state index is 12.5. The van der Waals surface area contributed by atoms with Crippen molar-refractivity contribution in [1.29, 1.82) is 0 Å². The number of carbonyl (C=O) groups is 2. The topological polar surface area (TPSA) is 83.8 Å². The molecule has 1 aliphatic rings. The molecule has 1 aromatic rings. The molecule has 144 valence electrons. The Morgan fingerprint density at radius 3 is 2.41 bits per heavy atom. The van der Waals surface area contributed by atoms with Gasteiger partial charge in [-0.15, -0.1) is 0 Å². The SMILES string of the molecule is COC1=C(C)C(C(=O)O)=C(C)C(C)(C)C1C=CC(=O)c1ccc(Cl)cc1O. The third-order valence-electron chi connectivity index (χ3n) is 5.25. The van der Waals surface area contributed by atoms with E-state index >= 15 is 0 Å². The normalized spacial score (nSPS) is 19.6. The predicted molar refractivity (Wildman–Crippen MR) is 104 cm³/mol. The fraction of sp³-hybridized carbons (Fsp3) is 0.333. The van der Waals surface area contributed by atoms with Crippen LogP contribution in [0, 0.1) is 11.3 Å². The number of hydrogen-bond donors (Lipinski definition) is 2. The van der Waals surface area contributed by atoms with Gasteiger partial charge < -0.3 is 14.9 Å². The molecule has 0 bridgehead atoms. The molecule has 0 spiro atoms. The van der Waals surface area contributed by atoms with Gasteiger partial charge in [0.1, 0.15) is 11.5 Å². The second-order valence-electron chi connectivity index (χ2n) is 7.08. The number of rotatable bonds is 5. The summed E-state index contributed by atoms with van der Waals surface area (Å²) in [5, 5.41) is 19.8. The number of carbonyl (C=O) groups excluding carboxylic acids is 1. The molecule has 0 saturated heterocycles. The minimum Gasteiger partial charge on any atom is -0.507 e. The van der Waals surface area contributed by atoms with E-state index in [1.165, 1.54) is 31.4 Å². The number of phenols is 1. The van der Waals surface area contributed by atoms with Crippen molar-refractivity contribution in [3.05, 3.63) is 63.4 Å². The molecular weight excluding hydrogens is 368 g/mol. The molecule has 0 heterocycles. The lowest BCUT2D eigenvalue weighted by Gasteiger charge is -2.40. The third kappa shape index (κ3) is 3.78. The lowest BCUT2D eigenvalue weighted by atomic mass is 9.66. The summed E-state index contributed by atoms with van der Waals surface area (Å²) in [4.78, 5) is 24.2. The Hall–Kier alpha value is -2.53. The van der Waals surface area contributed by atoms with Crippen LogP contribution in [0.15, 0.2) is 52.8 Å². The van der Waals surface area contributed by atoms with Crippen LogP contribution >= 0.6 is 11.6 Å². The van der Waals surface area contributed by atoms with Gasteiger partial charge in [0.05, 0.1) is 18.2 Å². The number of carboxylic acids is 1. The fourth-order valence-electron chi connectivity index (χ4n) is 3.44. The Balaban J connectivity index is 2.47. The van der Waals surface area contributed by atoms with E-state index in [1.54, 1.807) is 19.9 Å². The predicted octanol–water partition coefficient (Wildman–Crippen LogP) is 4.76. The summed E-state index contributed by atoms with van der Waals surface area (Å²) in [7, 11) is 1.49. The van der Waals surface area contributed by atoms with Crippen molar-refractivity contribution in [1.82, 2.24) is 0 Å². The number of methoxy groups -OCH3 is 1. The second kappa shape index (κ2) is 7.61. The van der Waals surface area contributed by atoms with Gasteiger partial charge in [-0.2, -0.15) is 0 Å². The van der Waals surface area contributed by atoms with E-state index in [0.717, 1.165) is 0 Å². The van der Waals surface area contributed by atoms with E-state index in [-0.39, 0.29) is 28.6 Å². The lowest BCUT2D eigenvalue weighted by molar-refractivity contribution is -0.132. The second-order valence-corrected chi connectivity index (χ2v) is 7.52. The molecule has 6 heteroatoms. The van der Waals surface area contributed by atoms with Crippen molar-refractivity contribution in [2.24, 2.45) is 11.3 Å². The summed E-state index contributed by atoms with van der Waals surface area (Å²) in [6.07, 6.45) is 3.07. The highest BCUT2D eigenvalue weighted by molar-refractivity contribution is 6.31. The minimum atomic E-state index is -1.00. The van der Waals surface area contributed by atoms with Gasteiger partial charge in [0.2, 0.25) is 0 Å². The number of ether oxygens (including phenoxy) is 1. The molecule has 0 aromatic heterocycles. The van der Waals surface area contributed by atoms with Crippen LogP contribution < -0.4 is 0 Å². The third-order valence-corrected chi connectivity index (χ3v) is 5.48. The Morgan fingerprint density at radius 1 is 1.26 bits per heavy atom. The van der Waals surface area contributed by atoms with E-state index in [4.69, 9.17) is 16.3 Å². The maximum absolute atomic E-state index is 12.5. The van der Waals surface area contributed by atoms with Crippen LogP contribution in [-0.2, 0) is 9.53 Å². The zero-order valence-electron chi connectivity index (χ0n) is 16.0. The number of aliphatic carboxylic acids is 1. The molecular formula is C21H23ClO5. The van der Waals surface area contributed by atoms with E-state index in [9.17, 15) is 19.8 Å². The van der Waals surface area contributed by atoms with Crippen LogP contribution in [0.1, 0.15) is 38.1 Å². The van der Waals surface area contributed by atoms with Crippen LogP contribution in [0.5, 0.6) is 5.75 Å². The molecule has 0 saturated carbocycles. The number of phenolic OH excluding ortho intramolecular Hbond substituents is 1. The van der Waals surface area contributed by atoms with Crippen molar-refractivity contribution in [3.63, 3.8) is 0 Å². The first kappa shape index (κ1) is 20.8. The molecule has 1 unspecified atom stereocenters. The molecule has 1 aliphatic carbocycles. The molecule has 2 N–H and O–H groups in total. The molecule has 0 fully saturated rings. The van der Waals surface area contributed by atoms with E-state index in [0.29, 0.717) is 21.9 Å². The number of carboxylic acid groups (broad SMARTS) is 1. The number of hydrogen-bond acceptors (Lipinski definition) is 4. The maximum Gasteiger partial charge on any atom is 0.336 e. The van der Waals surface area contributed by atoms with Crippen LogP contribution in [0.4, 0.5) is 0 Å². The van der Waals surface area contributed by atoms with Gasteiger partial charge in [-0.25, -0.2) is 4.79 Å². The van der Waals surface area contributed by atoms with Crippen LogP contribution in [0.3, 0.4) is 0 Å². The monoisotopic (exact) mass is 390 g/mol. The summed E-state index contributed by atoms with van der Waals surface area (Å²) in [6, 6.07) is 4.30. The Labute approximate surface area is 163 Å². The molecule has 0 aliphatic heterocycles. The molecule has 27 heavy (non-hydrogen) atoms. The van der Waals surface area contributed by atoms with Crippen LogP contribution in [-0.4, -0.2) is 29.1 Å². The summed E-state index contributed by atoms with van der Waals surface area (Å²) >= 11 is 5.80. The van der Waals surface area contributed by atoms with Gasteiger partial charge in [-0.05, 0) is 43.5 Å². The first-order valence-electron chi connectivity index (χ1n) is 8.43. The zero-order chi connectivity index (χ0) is 20.5. The van der Waals surface area contributed by atoms with Crippen molar-refractivity contribution in [3.8, 4) is 5.75 Å². The quantitative estimate of drug-likeness (QED) is 0.559. The average molecular weight is 391 g/mol. The average Bonchev–Trinajstić information content (AvgIpc) is 2.56. The van der Waals surface area contributed by atoms with Crippen LogP contribution in [0.2, 0.25) is 5.02 Å². The molecule has 0 radical (unpaired) electrons. The highest BCUT2D eigenvalue weighted by Crippen LogP contribution is 2.48. The number of aromatic hydroxyl groups is 1. The lowest BCUT2D eigenvalue weighted by Crippen LogP contribution is -2.33. The molecule has 0 amide bonds. The Morgan fingerprint density at radius 2 is 1.89 bits per heavy atom. The van der Waals surface area contributed by atoms with Crippen molar-refractivity contribution in [2.45, 2.75) is 27.7 Å².